The van der Waals surface area contributed by atoms with E-state index in [1.807, 2.05) is 35.0 Å². The van der Waals surface area contributed by atoms with Crippen molar-refractivity contribution in [1.82, 2.24) is 0 Å². The fourth-order valence-electron chi connectivity index (χ4n) is 2.68. The van der Waals surface area contributed by atoms with Gasteiger partial charge in [0.05, 0.1) is 16.8 Å². The number of imide groups is 1. The minimum absolute atomic E-state index is 0.261. The summed E-state index contributed by atoms with van der Waals surface area (Å²) in [4.78, 5) is 26.3. The van der Waals surface area contributed by atoms with Gasteiger partial charge in [0.15, 0.2) is 0 Å². The van der Waals surface area contributed by atoms with E-state index in [1.54, 1.807) is 41.7 Å². The summed E-state index contributed by atoms with van der Waals surface area (Å²) in [6.07, 6.45) is 0. The number of thiophene rings is 1. The molecule has 0 bridgehead atoms. The summed E-state index contributed by atoms with van der Waals surface area (Å²) in [5.41, 5.74) is 3.62. The van der Waals surface area contributed by atoms with E-state index in [0.29, 0.717) is 16.8 Å². The predicted molar refractivity (Wildman–Crippen MR) is 87.3 cm³/mol. The van der Waals surface area contributed by atoms with Crippen LogP contribution < -0.4 is 4.90 Å². The Morgan fingerprint density at radius 3 is 2.14 bits per heavy atom. The van der Waals surface area contributed by atoms with Gasteiger partial charge in [-0.2, -0.15) is 11.3 Å². The molecule has 0 aliphatic carbocycles. The van der Waals surface area contributed by atoms with Crippen LogP contribution in [0.3, 0.4) is 0 Å². The second-order valence-electron chi connectivity index (χ2n) is 5.05. The van der Waals surface area contributed by atoms with Gasteiger partial charge >= 0.3 is 0 Å². The lowest BCUT2D eigenvalue weighted by atomic mass is 10.1. The molecule has 1 aromatic heterocycles. The quantitative estimate of drug-likeness (QED) is 0.665. The van der Waals surface area contributed by atoms with Crippen molar-refractivity contribution < 1.29 is 9.59 Å². The molecule has 0 saturated carbocycles. The van der Waals surface area contributed by atoms with Crippen LogP contribution in [-0.4, -0.2) is 11.8 Å². The molecule has 4 rings (SSSR count). The maximum absolute atomic E-state index is 12.5. The molecule has 1 aliphatic rings. The third-order valence-corrected chi connectivity index (χ3v) is 4.44. The minimum Gasteiger partial charge on any atom is -0.268 e. The van der Waals surface area contributed by atoms with E-state index in [2.05, 4.69) is 0 Å². The Morgan fingerprint density at radius 1 is 0.773 bits per heavy atom. The first-order chi connectivity index (χ1) is 10.8. The van der Waals surface area contributed by atoms with Gasteiger partial charge in [-0.25, -0.2) is 4.90 Å². The molecule has 0 radical (unpaired) electrons. The summed E-state index contributed by atoms with van der Waals surface area (Å²) < 4.78 is 0. The van der Waals surface area contributed by atoms with Crippen LogP contribution in [0, 0.1) is 0 Å². The first-order valence-electron chi connectivity index (χ1n) is 6.86. The molecule has 0 fully saturated rings. The summed E-state index contributed by atoms with van der Waals surface area (Å²) in [7, 11) is 0. The molecule has 2 amide bonds. The fraction of sp³-hybridized carbons (Fsp3) is 0. The molecule has 2 aromatic carbocycles. The number of carbonyl (C=O) groups is 2. The lowest BCUT2D eigenvalue weighted by Gasteiger charge is -2.14. The monoisotopic (exact) mass is 305 g/mol. The summed E-state index contributed by atoms with van der Waals surface area (Å²) >= 11 is 1.62. The highest BCUT2D eigenvalue weighted by Gasteiger charge is 2.36. The zero-order valence-electron chi connectivity index (χ0n) is 11.5. The molecule has 3 nitrogen and oxygen atoms in total. The molecule has 0 N–H and O–H groups in total. The van der Waals surface area contributed by atoms with Crippen LogP contribution in [0.5, 0.6) is 0 Å². The third-order valence-electron chi connectivity index (χ3n) is 3.75. The number of carbonyl (C=O) groups excluding carboxylic acids is 2. The van der Waals surface area contributed by atoms with Crippen LogP contribution in [-0.2, 0) is 0 Å². The molecule has 4 heteroatoms. The van der Waals surface area contributed by atoms with E-state index < -0.39 is 0 Å². The summed E-state index contributed by atoms with van der Waals surface area (Å²) in [5, 5.41) is 4.05. The van der Waals surface area contributed by atoms with E-state index >= 15 is 0 Å². The molecule has 0 saturated heterocycles. The number of nitrogens with zero attached hydrogens (tertiary/aromatic N) is 1. The number of hydrogen-bond donors (Lipinski definition) is 0. The lowest BCUT2D eigenvalue weighted by Crippen LogP contribution is -2.29. The van der Waals surface area contributed by atoms with Crippen molar-refractivity contribution in [3.05, 3.63) is 76.5 Å². The van der Waals surface area contributed by atoms with Crippen LogP contribution in [0.1, 0.15) is 20.7 Å². The Kier molecular flexibility index (Phi) is 2.91. The van der Waals surface area contributed by atoms with Gasteiger partial charge in [0.2, 0.25) is 0 Å². The molecular formula is C18H11NO2S. The van der Waals surface area contributed by atoms with E-state index in [0.717, 1.165) is 11.1 Å². The smallest absolute Gasteiger partial charge is 0.266 e. The van der Waals surface area contributed by atoms with Crippen LogP contribution in [0.2, 0.25) is 0 Å². The van der Waals surface area contributed by atoms with Gasteiger partial charge < -0.3 is 0 Å². The number of anilines is 1. The Labute approximate surface area is 131 Å². The van der Waals surface area contributed by atoms with Crippen LogP contribution in [0.25, 0.3) is 11.1 Å². The van der Waals surface area contributed by atoms with Crippen LogP contribution >= 0.6 is 11.3 Å². The number of rotatable bonds is 2. The average molecular weight is 305 g/mol. The molecule has 2 heterocycles. The highest BCUT2D eigenvalue weighted by Crippen LogP contribution is 2.31. The Bertz CT molecular complexity index is 849. The molecule has 22 heavy (non-hydrogen) atoms. The fourth-order valence-corrected chi connectivity index (χ4v) is 3.34. The molecule has 0 spiro atoms. The van der Waals surface area contributed by atoms with Crippen molar-refractivity contribution >= 4 is 28.8 Å². The highest BCUT2D eigenvalue weighted by atomic mass is 32.1. The van der Waals surface area contributed by atoms with Gasteiger partial charge in [-0.3, -0.25) is 9.59 Å². The van der Waals surface area contributed by atoms with Crippen molar-refractivity contribution in [1.29, 1.82) is 0 Å². The van der Waals surface area contributed by atoms with E-state index in [1.165, 1.54) is 4.90 Å². The van der Waals surface area contributed by atoms with Crippen molar-refractivity contribution in [3.8, 4) is 11.1 Å². The minimum atomic E-state index is -0.261. The van der Waals surface area contributed by atoms with Gasteiger partial charge in [0.25, 0.3) is 11.8 Å². The number of hydrogen-bond acceptors (Lipinski definition) is 3. The maximum atomic E-state index is 12.5. The van der Waals surface area contributed by atoms with E-state index in [4.69, 9.17) is 0 Å². The van der Waals surface area contributed by atoms with E-state index in [9.17, 15) is 9.59 Å². The molecule has 0 atom stereocenters. The molecular weight excluding hydrogens is 294 g/mol. The highest BCUT2D eigenvalue weighted by molar-refractivity contribution is 7.08. The Balaban J connectivity index is 1.79. The normalized spacial score (nSPS) is 13.5. The second-order valence-corrected chi connectivity index (χ2v) is 5.83. The molecule has 0 unspecified atom stereocenters. The van der Waals surface area contributed by atoms with Gasteiger partial charge in [0.1, 0.15) is 0 Å². The number of fused-ring (bicyclic) bond motifs is 1. The van der Waals surface area contributed by atoms with Gasteiger partial charge in [-0.1, -0.05) is 24.3 Å². The first kappa shape index (κ1) is 13.0. The van der Waals surface area contributed by atoms with Crippen molar-refractivity contribution in [2.24, 2.45) is 0 Å². The second kappa shape index (κ2) is 4.93. The topological polar surface area (TPSA) is 37.4 Å². The van der Waals surface area contributed by atoms with Gasteiger partial charge in [-0.15, -0.1) is 0 Å². The van der Waals surface area contributed by atoms with Crippen molar-refractivity contribution in [3.63, 3.8) is 0 Å². The molecule has 3 aromatic rings. The van der Waals surface area contributed by atoms with Gasteiger partial charge in [-0.05, 0) is 52.2 Å². The predicted octanol–water partition coefficient (Wildman–Crippen LogP) is 4.22. The Morgan fingerprint density at radius 2 is 1.50 bits per heavy atom. The summed E-state index contributed by atoms with van der Waals surface area (Å²) in [5.74, 6) is -0.522. The first-order valence-corrected chi connectivity index (χ1v) is 7.80. The molecule has 1 aliphatic heterocycles. The third kappa shape index (κ3) is 1.89. The summed E-state index contributed by atoms with van der Waals surface area (Å²) in [6.45, 7) is 0. The van der Waals surface area contributed by atoms with E-state index in [-0.39, 0.29) is 11.8 Å². The standard InChI is InChI=1S/C18H11NO2S/c20-17-15-6-1-2-7-16(15)18(21)19(17)14-5-3-4-12(10-14)13-8-9-22-11-13/h1-11H. The van der Waals surface area contributed by atoms with Crippen LogP contribution in [0.15, 0.2) is 65.4 Å². The van der Waals surface area contributed by atoms with Crippen molar-refractivity contribution in [2.45, 2.75) is 0 Å². The SMILES string of the molecule is O=C1c2ccccc2C(=O)N1c1cccc(-c2ccsc2)c1. The lowest BCUT2D eigenvalue weighted by molar-refractivity contribution is 0.0926. The number of benzene rings is 2. The van der Waals surface area contributed by atoms with Crippen LogP contribution in [0.4, 0.5) is 5.69 Å². The molecule has 106 valence electrons. The maximum Gasteiger partial charge on any atom is 0.266 e. The average Bonchev–Trinajstić information content (AvgIpc) is 3.17. The zero-order valence-corrected chi connectivity index (χ0v) is 12.3. The largest absolute Gasteiger partial charge is 0.268 e. The number of amides is 2. The zero-order chi connectivity index (χ0) is 15.1. The van der Waals surface area contributed by atoms with Crippen molar-refractivity contribution in [2.75, 3.05) is 4.90 Å². The Hall–Kier alpha value is -2.72. The van der Waals surface area contributed by atoms with Gasteiger partial charge in [0, 0.05) is 0 Å². The summed E-state index contributed by atoms with van der Waals surface area (Å²) in [6, 6.07) is 16.5.